The van der Waals surface area contributed by atoms with Crippen LogP contribution in [0.3, 0.4) is 0 Å². The molecule has 1 aromatic heterocycles. The number of carbonyl (C=O) groups is 6. The molecule has 5 aromatic rings. The zero-order valence-electron chi connectivity index (χ0n) is 38.0. The zero-order chi connectivity index (χ0) is 48.6. The number of rotatable bonds is 20. The van der Waals surface area contributed by atoms with Gasteiger partial charge in [-0.05, 0) is 67.8 Å². The molecule has 0 saturated carbocycles. The normalized spacial score (nSPS) is 15.0. The molecule has 1 fully saturated rings. The van der Waals surface area contributed by atoms with Gasteiger partial charge in [-0.15, -0.1) is 0 Å². The Morgan fingerprint density at radius 1 is 0.826 bits per heavy atom. The average molecular weight is 958 g/mol. The summed E-state index contributed by atoms with van der Waals surface area (Å²) in [5, 5.41) is 8.82. The van der Waals surface area contributed by atoms with Crippen molar-refractivity contribution in [3.63, 3.8) is 0 Å². The molecule has 356 valence electrons. The third-order valence-corrected chi connectivity index (χ3v) is 12.4. The van der Waals surface area contributed by atoms with E-state index in [0.717, 1.165) is 49.0 Å². The van der Waals surface area contributed by atoms with Gasteiger partial charge in [0.2, 0.25) is 17.8 Å². The fraction of sp³-hybridized carbons (Fsp3) is 0.314. The molecule has 0 aliphatic carbocycles. The Hall–Kier alpha value is -7.53. The Morgan fingerprint density at radius 3 is 2.36 bits per heavy atom. The van der Waals surface area contributed by atoms with Crippen LogP contribution in [-0.4, -0.2) is 89.3 Å². The van der Waals surface area contributed by atoms with Crippen LogP contribution in [0.5, 0.6) is 17.2 Å². The Morgan fingerprint density at radius 2 is 1.58 bits per heavy atom. The lowest BCUT2D eigenvalue weighted by molar-refractivity contribution is -0.136. The third kappa shape index (κ3) is 10.6. The number of methoxy groups -OCH3 is 2. The molecular formula is C51H49ClFN7O9. The number of unbranched alkanes of at least 4 members (excludes halogenated alkanes) is 6. The topological polar surface area (TPSA) is 208 Å². The van der Waals surface area contributed by atoms with Gasteiger partial charge in [-0.3, -0.25) is 44.0 Å². The van der Waals surface area contributed by atoms with Gasteiger partial charge < -0.3 is 24.8 Å². The molecule has 16 nitrogen and oxygen atoms in total. The summed E-state index contributed by atoms with van der Waals surface area (Å²) in [6.45, 7) is 0.409. The van der Waals surface area contributed by atoms with Crippen LogP contribution in [0, 0.1) is 5.82 Å². The van der Waals surface area contributed by atoms with E-state index in [1.54, 1.807) is 54.7 Å². The van der Waals surface area contributed by atoms with E-state index in [0.29, 0.717) is 69.7 Å². The van der Waals surface area contributed by atoms with Gasteiger partial charge >= 0.3 is 0 Å². The first-order valence-corrected chi connectivity index (χ1v) is 23.1. The van der Waals surface area contributed by atoms with Crippen molar-refractivity contribution in [2.24, 2.45) is 4.99 Å². The number of anilines is 2. The van der Waals surface area contributed by atoms with Crippen molar-refractivity contribution >= 4 is 64.3 Å². The first kappa shape index (κ1) is 47.9. The number of aromatic nitrogens is 2. The molecule has 5 amide bonds. The summed E-state index contributed by atoms with van der Waals surface area (Å²) in [5.74, 6) is -2.29. The molecule has 0 spiro atoms. The molecule has 18 heteroatoms. The van der Waals surface area contributed by atoms with Crippen LogP contribution in [0.15, 0.2) is 84.0 Å². The monoisotopic (exact) mass is 957 g/mol. The summed E-state index contributed by atoms with van der Waals surface area (Å²) in [7, 11) is 2.97. The number of nitrogens with one attached hydrogen (secondary N) is 3. The van der Waals surface area contributed by atoms with Gasteiger partial charge in [0.15, 0.2) is 5.78 Å². The van der Waals surface area contributed by atoms with Crippen molar-refractivity contribution < 1.29 is 47.4 Å². The molecule has 3 N–H and O–H groups in total. The van der Waals surface area contributed by atoms with Gasteiger partial charge in [0.25, 0.3) is 17.7 Å². The number of Topliss-reactive ketones (excluding diaryl/α,β-unsaturated/α-hetero) is 1. The highest BCUT2D eigenvalue weighted by Gasteiger charge is 2.46. The van der Waals surface area contributed by atoms with Gasteiger partial charge in [0, 0.05) is 59.0 Å². The molecule has 0 bridgehead atoms. The molecule has 1 unspecified atom stereocenters. The lowest BCUT2D eigenvalue weighted by Crippen LogP contribution is -2.54. The SMILES string of the molecule is COc1cc(Nc2ncc3c(n2)-c2ccc(Cl)cc2C(c2c(F)cccc2OC)=NC3)ccc1C(=O)NCCCCCCCCCC(=O)COc1cccc2c1C(=O)N(C1CCC(=O)NC1=O)C2=O. The van der Waals surface area contributed by atoms with Gasteiger partial charge in [-0.1, -0.05) is 61.9 Å². The maximum Gasteiger partial charge on any atom is 0.266 e. The fourth-order valence-electron chi connectivity index (χ4n) is 8.65. The lowest BCUT2D eigenvalue weighted by Gasteiger charge is -2.27. The molecule has 8 rings (SSSR count). The fourth-order valence-corrected chi connectivity index (χ4v) is 8.82. The number of fused-ring (bicyclic) bond motifs is 4. The molecule has 4 aromatic carbocycles. The van der Waals surface area contributed by atoms with Crippen LogP contribution < -0.4 is 30.2 Å². The number of ketones is 1. The molecule has 1 saturated heterocycles. The molecule has 0 radical (unpaired) electrons. The maximum atomic E-state index is 15.3. The summed E-state index contributed by atoms with van der Waals surface area (Å²) in [4.78, 5) is 91.2. The minimum atomic E-state index is -1.09. The van der Waals surface area contributed by atoms with Gasteiger partial charge in [-0.2, -0.15) is 0 Å². The van der Waals surface area contributed by atoms with Crippen LogP contribution in [0.1, 0.15) is 112 Å². The molecular weight excluding hydrogens is 909 g/mol. The number of amides is 5. The minimum absolute atomic E-state index is 0.00873. The number of halogens is 2. The second kappa shape index (κ2) is 21.6. The van der Waals surface area contributed by atoms with Gasteiger partial charge in [0.05, 0.1) is 54.4 Å². The van der Waals surface area contributed by atoms with Gasteiger partial charge in [0.1, 0.15) is 35.7 Å². The van der Waals surface area contributed by atoms with Crippen molar-refractivity contribution in [3.8, 4) is 28.5 Å². The third-order valence-electron chi connectivity index (χ3n) is 12.1. The summed E-state index contributed by atoms with van der Waals surface area (Å²) >= 11 is 6.45. The second-order valence-corrected chi connectivity index (χ2v) is 17.1. The highest BCUT2D eigenvalue weighted by molar-refractivity contribution is 6.32. The van der Waals surface area contributed by atoms with E-state index >= 15 is 4.39 Å². The standard InChI is InChI=1S/C51H49ClFN7O9/c1-67-39-15-11-14-37(53)44(39)46-36-24-30(52)17-19-33(36)45-29(26-55-46)27-56-51(59-45)57-31-18-20-34(41(25-31)68-2)47(63)54-23-9-7-5-3-4-6-8-12-32(61)28-69-40-16-10-13-35-43(40)50(66)60(49(35)65)38-21-22-42(62)58-48(38)64/h10-11,13-20,24-25,27,38H,3-9,12,21-23,26,28H2,1-2H3,(H,54,63)(H,56,57,59)(H,58,62,64). The number of carbonyl (C=O) groups excluding carboxylic acids is 6. The van der Waals surface area contributed by atoms with Crippen molar-refractivity contribution in [2.45, 2.75) is 76.8 Å². The number of hydrogen-bond donors (Lipinski definition) is 3. The first-order chi connectivity index (χ1) is 33.4. The van der Waals surface area contributed by atoms with Crippen LogP contribution >= 0.6 is 11.6 Å². The van der Waals surface area contributed by atoms with Crippen molar-refractivity contribution in [3.05, 3.63) is 123 Å². The van der Waals surface area contributed by atoms with E-state index in [1.165, 1.54) is 32.4 Å². The van der Waals surface area contributed by atoms with E-state index in [4.69, 9.17) is 35.8 Å². The number of piperidine rings is 1. The van der Waals surface area contributed by atoms with E-state index in [2.05, 4.69) is 20.9 Å². The molecule has 3 aliphatic rings. The Labute approximate surface area is 402 Å². The highest BCUT2D eigenvalue weighted by atomic mass is 35.5. The van der Waals surface area contributed by atoms with Crippen LogP contribution in [-0.2, 0) is 20.9 Å². The van der Waals surface area contributed by atoms with Crippen LogP contribution in [0.25, 0.3) is 11.3 Å². The number of aliphatic imine (C=N–C) groups is 1. The Balaban J connectivity index is 0.753. The predicted molar refractivity (Wildman–Crippen MR) is 254 cm³/mol. The van der Waals surface area contributed by atoms with Crippen LogP contribution in [0.4, 0.5) is 16.0 Å². The number of imide groups is 2. The number of benzene rings is 4. The minimum Gasteiger partial charge on any atom is -0.496 e. The summed E-state index contributed by atoms with van der Waals surface area (Å²) in [6, 6.07) is 18.5. The molecule has 3 aliphatic heterocycles. The molecule has 4 heterocycles. The second-order valence-electron chi connectivity index (χ2n) is 16.7. The molecule has 69 heavy (non-hydrogen) atoms. The van der Waals surface area contributed by atoms with E-state index < -0.39 is 35.5 Å². The Bertz CT molecular complexity index is 2890. The number of hydrogen-bond acceptors (Lipinski definition) is 13. The van der Waals surface area contributed by atoms with E-state index in [9.17, 15) is 28.8 Å². The van der Waals surface area contributed by atoms with E-state index in [-0.39, 0.29) is 66.1 Å². The highest BCUT2D eigenvalue weighted by Crippen LogP contribution is 2.37. The summed E-state index contributed by atoms with van der Waals surface area (Å²) in [6.07, 6.45) is 8.15. The quantitative estimate of drug-likeness (QED) is 0.0502. The van der Waals surface area contributed by atoms with E-state index in [1.807, 2.05) is 6.07 Å². The van der Waals surface area contributed by atoms with Crippen molar-refractivity contribution in [2.75, 3.05) is 32.7 Å². The molecule has 1 atom stereocenters. The number of nitrogens with zero attached hydrogens (tertiary/aromatic N) is 4. The largest absolute Gasteiger partial charge is 0.496 e. The summed E-state index contributed by atoms with van der Waals surface area (Å²) < 4.78 is 32.1. The first-order valence-electron chi connectivity index (χ1n) is 22.7. The maximum absolute atomic E-state index is 15.3. The Kier molecular flexibility index (Phi) is 15.0. The predicted octanol–water partition coefficient (Wildman–Crippen LogP) is 7.95. The van der Waals surface area contributed by atoms with Gasteiger partial charge in [-0.25, -0.2) is 14.4 Å². The average Bonchev–Trinajstić information content (AvgIpc) is 3.49. The zero-order valence-corrected chi connectivity index (χ0v) is 38.8. The van der Waals surface area contributed by atoms with Crippen molar-refractivity contribution in [1.82, 2.24) is 25.5 Å². The van der Waals surface area contributed by atoms with Crippen molar-refractivity contribution in [1.29, 1.82) is 0 Å². The van der Waals surface area contributed by atoms with Crippen LogP contribution in [0.2, 0.25) is 5.02 Å². The summed E-state index contributed by atoms with van der Waals surface area (Å²) in [5.41, 5.74) is 4.29. The lowest BCUT2D eigenvalue weighted by atomic mass is 9.94. The smallest absolute Gasteiger partial charge is 0.266 e. The number of ether oxygens (including phenoxy) is 3.